The van der Waals surface area contributed by atoms with E-state index in [2.05, 4.69) is 0 Å². The second-order valence-corrected chi connectivity index (χ2v) is 6.68. The van der Waals surface area contributed by atoms with Crippen LogP contribution < -0.4 is 9.46 Å². The molecule has 0 aliphatic rings. The summed E-state index contributed by atoms with van der Waals surface area (Å²) in [4.78, 5) is 11.3. The summed E-state index contributed by atoms with van der Waals surface area (Å²) in [7, 11) is -4.55. The van der Waals surface area contributed by atoms with Crippen molar-refractivity contribution in [1.29, 1.82) is 5.26 Å². The monoisotopic (exact) mass is 384 g/mol. The summed E-state index contributed by atoms with van der Waals surface area (Å²) in [5.41, 5.74) is -0.748. The molecule has 1 atom stereocenters. The number of halogens is 3. The molecular weight excluding hydrogens is 373 g/mol. The molecule has 0 fully saturated rings. The molecule has 26 heavy (non-hydrogen) atoms. The highest BCUT2D eigenvalue weighted by Gasteiger charge is 2.26. The van der Waals surface area contributed by atoms with Gasteiger partial charge in [-0.3, -0.25) is 4.79 Å². The van der Waals surface area contributed by atoms with Crippen LogP contribution in [0.3, 0.4) is 0 Å². The van der Waals surface area contributed by atoms with Gasteiger partial charge in [-0.1, -0.05) is 6.07 Å². The molecule has 0 aromatic heterocycles. The zero-order chi connectivity index (χ0) is 19.5. The molecule has 1 N–H and O–H groups in total. The van der Waals surface area contributed by atoms with Gasteiger partial charge in [0.05, 0.1) is 0 Å². The maximum atomic E-state index is 13.5. The van der Waals surface area contributed by atoms with Crippen LogP contribution >= 0.6 is 0 Å². The van der Waals surface area contributed by atoms with Gasteiger partial charge in [0, 0.05) is 6.07 Å². The summed E-state index contributed by atoms with van der Waals surface area (Å²) < 4.78 is 70.7. The van der Waals surface area contributed by atoms with Crippen molar-refractivity contribution in [3.05, 3.63) is 59.4 Å². The van der Waals surface area contributed by atoms with E-state index in [-0.39, 0.29) is 5.75 Å². The summed E-state index contributed by atoms with van der Waals surface area (Å²) in [5.74, 6) is -4.74. The summed E-state index contributed by atoms with van der Waals surface area (Å²) in [6.45, 7) is 1.17. The van der Waals surface area contributed by atoms with Crippen LogP contribution in [0.1, 0.15) is 12.5 Å². The van der Waals surface area contributed by atoms with Crippen molar-refractivity contribution in [2.24, 2.45) is 0 Å². The Morgan fingerprint density at radius 2 is 1.85 bits per heavy atom. The minimum absolute atomic E-state index is 0.201. The van der Waals surface area contributed by atoms with Crippen LogP contribution in [0.25, 0.3) is 0 Å². The highest BCUT2D eigenvalue weighted by Crippen LogP contribution is 2.19. The molecule has 6 nitrogen and oxygen atoms in total. The Bertz CT molecular complexity index is 1000. The Labute approximate surface area is 146 Å². The van der Waals surface area contributed by atoms with E-state index in [9.17, 15) is 26.4 Å². The van der Waals surface area contributed by atoms with Crippen molar-refractivity contribution in [3.63, 3.8) is 0 Å². The third-order valence-electron chi connectivity index (χ3n) is 3.18. The maximum absolute atomic E-state index is 13.5. The highest BCUT2D eigenvalue weighted by atomic mass is 32.2. The molecular formula is C16H11F3N2O4S. The number of carbonyl (C=O) groups excluding carboxylic acids is 1. The first-order chi connectivity index (χ1) is 12.2. The third-order valence-corrected chi connectivity index (χ3v) is 4.57. The van der Waals surface area contributed by atoms with Gasteiger partial charge in [-0.05, 0) is 31.2 Å². The number of nitrogens with zero attached hydrogens (tertiary/aromatic N) is 1. The molecule has 2 aromatic carbocycles. The fourth-order valence-electron chi connectivity index (χ4n) is 1.91. The fraction of sp³-hybridized carbons (Fsp3) is 0.125. The van der Waals surface area contributed by atoms with Gasteiger partial charge in [-0.2, -0.15) is 5.26 Å². The van der Waals surface area contributed by atoms with Crippen LogP contribution in [0.2, 0.25) is 0 Å². The molecule has 1 unspecified atom stereocenters. The van der Waals surface area contributed by atoms with Gasteiger partial charge < -0.3 is 4.74 Å². The summed E-state index contributed by atoms with van der Waals surface area (Å²) >= 11 is 0. The predicted octanol–water partition coefficient (Wildman–Crippen LogP) is 2.25. The van der Waals surface area contributed by atoms with E-state index >= 15 is 0 Å². The van der Waals surface area contributed by atoms with E-state index in [1.807, 2.05) is 0 Å². The van der Waals surface area contributed by atoms with E-state index in [4.69, 9.17) is 10.00 Å². The molecule has 0 saturated carbocycles. The number of amides is 1. The number of hydrogen-bond acceptors (Lipinski definition) is 5. The predicted molar refractivity (Wildman–Crippen MR) is 82.9 cm³/mol. The summed E-state index contributed by atoms with van der Waals surface area (Å²) in [5, 5.41) is 8.89. The van der Waals surface area contributed by atoms with Crippen molar-refractivity contribution in [3.8, 4) is 11.8 Å². The molecule has 2 rings (SSSR count). The topological polar surface area (TPSA) is 96.3 Å². The first-order valence-electron chi connectivity index (χ1n) is 7.02. The van der Waals surface area contributed by atoms with Gasteiger partial charge >= 0.3 is 0 Å². The van der Waals surface area contributed by atoms with E-state index in [0.717, 1.165) is 30.3 Å². The number of rotatable bonds is 5. The summed E-state index contributed by atoms with van der Waals surface area (Å²) in [6.07, 6.45) is -1.41. The Balaban J connectivity index is 2.19. The van der Waals surface area contributed by atoms with Crippen molar-refractivity contribution in [2.45, 2.75) is 17.9 Å². The Hall–Kier alpha value is -3.06. The Kier molecular flexibility index (Phi) is 5.52. The number of benzene rings is 2. The zero-order valence-electron chi connectivity index (χ0n) is 13.2. The largest absolute Gasteiger partial charge is 0.481 e. The summed E-state index contributed by atoms with van der Waals surface area (Å²) in [6, 6.07) is 6.85. The van der Waals surface area contributed by atoms with Crippen molar-refractivity contribution >= 4 is 15.9 Å². The number of carbonyl (C=O) groups is 1. The number of ether oxygens (including phenoxy) is 1. The Morgan fingerprint density at radius 1 is 1.15 bits per heavy atom. The van der Waals surface area contributed by atoms with E-state index in [0.29, 0.717) is 6.07 Å². The smallest absolute Gasteiger partial charge is 0.274 e. The van der Waals surface area contributed by atoms with Gasteiger partial charge in [0.25, 0.3) is 15.9 Å². The van der Waals surface area contributed by atoms with E-state index < -0.39 is 49.9 Å². The van der Waals surface area contributed by atoms with Crippen LogP contribution in [0.15, 0.2) is 41.3 Å². The number of nitrogens with one attached hydrogen (secondary N) is 1. The molecule has 0 spiro atoms. The van der Waals surface area contributed by atoms with Gasteiger partial charge in [0.2, 0.25) is 0 Å². The zero-order valence-corrected chi connectivity index (χ0v) is 14.0. The van der Waals surface area contributed by atoms with Crippen LogP contribution in [0, 0.1) is 28.8 Å². The molecule has 0 saturated heterocycles. The van der Waals surface area contributed by atoms with Crippen LogP contribution in [0.4, 0.5) is 13.2 Å². The van der Waals surface area contributed by atoms with Gasteiger partial charge in [0.1, 0.15) is 28.1 Å². The van der Waals surface area contributed by atoms with Crippen molar-refractivity contribution < 1.29 is 31.1 Å². The third kappa shape index (κ3) is 4.12. The highest BCUT2D eigenvalue weighted by molar-refractivity contribution is 7.90. The standard InChI is InChI=1S/C16H11F3N2O4S/c1-9(25-10-5-6-13(18)14(19)7-10)16(22)21-26(23,24)15-4-2-3-12(17)11(15)8-20/h2-7,9H,1H3,(H,21,22). The maximum Gasteiger partial charge on any atom is 0.274 e. The number of sulfonamides is 1. The first-order valence-corrected chi connectivity index (χ1v) is 8.51. The van der Waals surface area contributed by atoms with Crippen LogP contribution in [-0.4, -0.2) is 20.4 Å². The lowest BCUT2D eigenvalue weighted by Gasteiger charge is -2.15. The molecule has 0 aliphatic carbocycles. The molecule has 0 heterocycles. The van der Waals surface area contributed by atoms with Crippen molar-refractivity contribution in [1.82, 2.24) is 4.72 Å². The lowest BCUT2D eigenvalue weighted by molar-refractivity contribution is -0.125. The minimum Gasteiger partial charge on any atom is -0.481 e. The first kappa shape index (κ1) is 19.3. The van der Waals surface area contributed by atoms with Gasteiger partial charge in [-0.25, -0.2) is 26.3 Å². The number of nitriles is 1. The van der Waals surface area contributed by atoms with Gasteiger partial charge in [-0.15, -0.1) is 0 Å². The molecule has 136 valence electrons. The van der Waals surface area contributed by atoms with Gasteiger partial charge in [0.15, 0.2) is 17.7 Å². The number of hydrogen-bond donors (Lipinski definition) is 1. The molecule has 0 bridgehead atoms. The quantitative estimate of drug-likeness (QED) is 0.853. The lowest BCUT2D eigenvalue weighted by Crippen LogP contribution is -2.40. The fourth-order valence-corrected chi connectivity index (χ4v) is 3.13. The molecule has 0 aliphatic heterocycles. The minimum atomic E-state index is -4.55. The molecule has 10 heteroatoms. The average molecular weight is 384 g/mol. The van der Waals surface area contributed by atoms with E-state index in [1.54, 1.807) is 4.72 Å². The van der Waals surface area contributed by atoms with Crippen LogP contribution in [0.5, 0.6) is 5.75 Å². The van der Waals surface area contributed by atoms with Crippen molar-refractivity contribution in [2.75, 3.05) is 0 Å². The lowest BCUT2D eigenvalue weighted by atomic mass is 10.2. The molecule has 2 aromatic rings. The van der Waals surface area contributed by atoms with E-state index in [1.165, 1.54) is 13.0 Å². The average Bonchev–Trinajstić information content (AvgIpc) is 2.57. The SMILES string of the molecule is CC(Oc1ccc(F)c(F)c1)C(=O)NS(=O)(=O)c1cccc(F)c1C#N. The molecule has 1 amide bonds. The second-order valence-electron chi connectivity index (χ2n) is 5.03. The second kappa shape index (κ2) is 7.45. The Morgan fingerprint density at radius 3 is 2.46 bits per heavy atom. The van der Waals surface area contributed by atoms with Crippen LogP contribution in [-0.2, 0) is 14.8 Å². The normalized spacial score (nSPS) is 12.1. The molecule has 0 radical (unpaired) electrons.